The molecule has 3 N–H and O–H groups in total. The molecule has 2 fully saturated rings. The van der Waals surface area contributed by atoms with Crippen molar-refractivity contribution in [2.45, 2.75) is 43.0 Å². The number of thioether (sulfide) groups is 1. The molecule has 1 saturated carbocycles. The van der Waals surface area contributed by atoms with Gasteiger partial charge < -0.3 is 20.5 Å². The van der Waals surface area contributed by atoms with Gasteiger partial charge in [-0.2, -0.15) is 11.8 Å². The fourth-order valence-corrected chi connectivity index (χ4v) is 3.65. The van der Waals surface area contributed by atoms with Gasteiger partial charge in [0.2, 0.25) is 0 Å². The van der Waals surface area contributed by atoms with Crippen LogP contribution in [-0.2, 0) is 9.53 Å². The monoisotopic (exact) mass is 302 g/mol. The predicted octanol–water partition coefficient (Wildman–Crippen LogP) is 1.06. The molecule has 0 spiro atoms. The van der Waals surface area contributed by atoms with Crippen LogP contribution in [0.25, 0.3) is 0 Å². The lowest BCUT2D eigenvalue weighted by Crippen LogP contribution is -2.50. The quantitative estimate of drug-likeness (QED) is 0.723. The minimum atomic E-state index is -0.923. The van der Waals surface area contributed by atoms with E-state index in [1.165, 1.54) is 6.42 Å². The summed E-state index contributed by atoms with van der Waals surface area (Å²) in [6, 6.07) is -0.530. The molecule has 7 heteroatoms. The van der Waals surface area contributed by atoms with Gasteiger partial charge in [0.25, 0.3) is 0 Å². The number of ether oxygens (including phenoxy) is 1. The highest BCUT2D eigenvalue weighted by Crippen LogP contribution is 2.26. The fourth-order valence-electron chi connectivity index (χ4n) is 2.83. The molecule has 1 heterocycles. The second kappa shape index (κ2) is 7.17. The molecule has 114 valence electrons. The number of urea groups is 1. The number of carboxylic acids is 1. The molecule has 2 amide bonds. The van der Waals surface area contributed by atoms with Crippen molar-refractivity contribution in [3.8, 4) is 0 Å². The zero-order valence-corrected chi connectivity index (χ0v) is 12.4. The van der Waals surface area contributed by atoms with Crippen molar-refractivity contribution in [2.24, 2.45) is 5.92 Å². The molecule has 0 aromatic carbocycles. The first-order valence-electron chi connectivity index (χ1n) is 7.00. The summed E-state index contributed by atoms with van der Waals surface area (Å²) >= 11 is 1.84. The van der Waals surface area contributed by atoms with Crippen LogP contribution in [-0.4, -0.2) is 53.9 Å². The van der Waals surface area contributed by atoms with Crippen LogP contribution in [0.15, 0.2) is 0 Å². The van der Waals surface area contributed by atoms with Crippen LogP contribution in [0, 0.1) is 5.92 Å². The maximum atomic E-state index is 12.0. The van der Waals surface area contributed by atoms with Crippen molar-refractivity contribution in [3.05, 3.63) is 0 Å². The molecule has 2 aliphatic rings. The van der Waals surface area contributed by atoms with Crippen LogP contribution in [0.4, 0.5) is 4.79 Å². The Morgan fingerprint density at radius 1 is 1.25 bits per heavy atom. The number of hydrogen-bond donors (Lipinski definition) is 3. The molecule has 6 nitrogen and oxygen atoms in total. The van der Waals surface area contributed by atoms with Crippen LogP contribution in [0.3, 0.4) is 0 Å². The summed E-state index contributed by atoms with van der Waals surface area (Å²) in [5, 5.41) is 15.3. The van der Waals surface area contributed by atoms with E-state index in [0.29, 0.717) is 5.25 Å². The predicted molar refractivity (Wildman–Crippen MR) is 77.0 cm³/mol. The summed E-state index contributed by atoms with van der Waals surface area (Å²) in [7, 11) is 0. The van der Waals surface area contributed by atoms with Crippen LogP contribution in [0.5, 0.6) is 0 Å². The van der Waals surface area contributed by atoms with Crippen molar-refractivity contribution in [3.63, 3.8) is 0 Å². The second-order valence-corrected chi connectivity index (χ2v) is 6.57. The summed E-state index contributed by atoms with van der Waals surface area (Å²) < 4.78 is 5.13. The molecular weight excluding hydrogens is 280 g/mol. The first-order chi connectivity index (χ1) is 9.60. The number of carbonyl (C=O) groups excluding carboxylic acids is 1. The lowest BCUT2D eigenvalue weighted by Gasteiger charge is -2.29. The minimum Gasteiger partial charge on any atom is -0.481 e. The van der Waals surface area contributed by atoms with Gasteiger partial charge in [-0.1, -0.05) is 6.42 Å². The first kappa shape index (κ1) is 15.4. The molecule has 1 aliphatic heterocycles. The van der Waals surface area contributed by atoms with Gasteiger partial charge >= 0.3 is 12.0 Å². The molecule has 4 unspecified atom stereocenters. The van der Waals surface area contributed by atoms with Crippen LogP contribution >= 0.6 is 11.8 Å². The van der Waals surface area contributed by atoms with Gasteiger partial charge in [-0.05, 0) is 25.5 Å². The van der Waals surface area contributed by atoms with Crippen molar-refractivity contribution >= 4 is 23.8 Å². The van der Waals surface area contributed by atoms with E-state index in [9.17, 15) is 9.59 Å². The fraction of sp³-hybridized carbons (Fsp3) is 0.846. The maximum Gasteiger partial charge on any atom is 0.315 e. The Labute approximate surface area is 123 Å². The number of hydrogen-bond acceptors (Lipinski definition) is 4. The highest BCUT2D eigenvalue weighted by Gasteiger charge is 2.35. The lowest BCUT2D eigenvalue weighted by atomic mass is 9.95. The number of amides is 2. The van der Waals surface area contributed by atoms with E-state index in [0.717, 1.165) is 19.3 Å². The molecule has 0 aromatic heterocycles. The van der Waals surface area contributed by atoms with Crippen molar-refractivity contribution < 1.29 is 19.4 Å². The molecule has 2 rings (SSSR count). The summed E-state index contributed by atoms with van der Waals surface area (Å²) in [4.78, 5) is 23.0. The van der Waals surface area contributed by atoms with Crippen molar-refractivity contribution in [1.82, 2.24) is 10.6 Å². The Hall–Kier alpha value is -0.950. The van der Waals surface area contributed by atoms with E-state index in [1.807, 2.05) is 11.8 Å². The van der Waals surface area contributed by atoms with Gasteiger partial charge in [0.05, 0.1) is 19.3 Å². The molecule has 20 heavy (non-hydrogen) atoms. The van der Waals surface area contributed by atoms with E-state index in [4.69, 9.17) is 9.84 Å². The minimum absolute atomic E-state index is 0.165. The van der Waals surface area contributed by atoms with Gasteiger partial charge in [0.1, 0.15) is 5.92 Å². The zero-order valence-electron chi connectivity index (χ0n) is 11.6. The number of carboxylic acid groups (broad SMARTS) is 1. The van der Waals surface area contributed by atoms with Crippen molar-refractivity contribution in [1.29, 1.82) is 0 Å². The van der Waals surface area contributed by atoms with E-state index in [1.54, 1.807) is 0 Å². The molecule has 0 bridgehead atoms. The number of rotatable bonds is 4. The molecule has 1 saturated heterocycles. The highest BCUT2D eigenvalue weighted by atomic mass is 32.2. The van der Waals surface area contributed by atoms with Crippen LogP contribution in [0.1, 0.15) is 25.7 Å². The van der Waals surface area contributed by atoms with Crippen molar-refractivity contribution in [2.75, 3.05) is 19.5 Å². The normalized spacial score (nSPS) is 33.6. The third-order valence-corrected chi connectivity index (χ3v) is 5.10. The average Bonchev–Trinajstić information content (AvgIpc) is 2.87. The molecule has 0 aromatic rings. The Morgan fingerprint density at radius 2 is 2.05 bits per heavy atom. The molecular formula is C13H22N2O4S. The van der Waals surface area contributed by atoms with E-state index < -0.39 is 17.9 Å². The van der Waals surface area contributed by atoms with E-state index in [-0.39, 0.29) is 25.3 Å². The Morgan fingerprint density at radius 3 is 2.75 bits per heavy atom. The van der Waals surface area contributed by atoms with Crippen LogP contribution < -0.4 is 10.6 Å². The summed E-state index contributed by atoms with van der Waals surface area (Å²) in [5.74, 6) is -1.57. The van der Waals surface area contributed by atoms with Gasteiger partial charge in [-0.3, -0.25) is 4.79 Å². The SMILES string of the molecule is CSC1CCCC(NC(=O)NC2COCC2C(=O)O)C1. The first-order valence-corrected chi connectivity index (χ1v) is 8.29. The Balaban J connectivity index is 1.78. The van der Waals surface area contributed by atoms with Gasteiger partial charge in [0, 0.05) is 11.3 Å². The standard InChI is InChI=1S/C13H22N2O4S/c1-20-9-4-2-3-8(5-9)14-13(18)15-11-7-19-6-10(11)12(16)17/h8-11H,2-7H2,1H3,(H,16,17)(H2,14,15,18). The third-order valence-electron chi connectivity index (χ3n) is 4.01. The molecule has 1 aliphatic carbocycles. The van der Waals surface area contributed by atoms with Crippen LogP contribution in [0.2, 0.25) is 0 Å². The molecule has 4 atom stereocenters. The lowest BCUT2D eigenvalue weighted by molar-refractivity contribution is -0.142. The van der Waals surface area contributed by atoms with E-state index >= 15 is 0 Å². The Kier molecular flexibility index (Phi) is 5.54. The zero-order chi connectivity index (χ0) is 14.5. The Bertz CT molecular complexity index is 366. The van der Waals surface area contributed by atoms with Gasteiger partial charge in [-0.15, -0.1) is 0 Å². The summed E-state index contributed by atoms with van der Waals surface area (Å²) in [6.07, 6.45) is 6.41. The van der Waals surface area contributed by atoms with E-state index in [2.05, 4.69) is 16.9 Å². The summed E-state index contributed by atoms with van der Waals surface area (Å²) in [6.45, 7) is 0.431. The second-order valence-electron chi connectivity index (χ2n) is 5.43. The number of carbonyl (C=O) groups is 2. The van der Waals surface area contributed by atoms with Gasteiger partial charge in [0.15, 0.2) is 0 Å². The topological polar surface area (TPSA) is 87.7 Å². The van der Waals surface area contributed by atoms with Gasteiger partial charge in [-0.25, -0.2) is 4.79 Å². The molecule has 0 radical (unpaired) electrons. The smallest absolute Gasteiger partial charge is 0.315 e. The average molecular weight is 302 g/mol. The highest BCUT2D eigenvalue weighted by molar-refractivity contribution is 7.99. The number of nitrogens with one attached hydrogen (secondary N) is 2. The number of aliphatic carboxylic acids is 1. The largest absolute Gasteiger partial charge is 0.481 e. The summed E-state index contributed by atoms with van der Waals surface area (Å²) in [5.41, 5.74) is 0. The third kappa shape index (κ3) is 4.02. The maximum absolute atomic E-state index is 12.0.